The number of halogens is 3. The molecule has 2 atom stereocenters. The fraction of sp³-hybridized carbons (Fsp3) is 0.381. The molecule has 1 aliphatic heterocycles. The van der Waals surface area contributed by atoms with E-state index >= 15 is 0 Å². The summed E-state index contributed by atoms with van der Waals surface area (Å²) in [6.45, 7) is 1.22. The van der Waals surface area contributed by atoms with Crippen molar-refractivity contribution in [1.82, 2.24) is 29.6 Å². The first-order chi connectivity index (χ1) is 15.2. The molecule has 0 bridgehead atoms. The molecular formula is C21H22ClF2N7O. The van der Waals surface area contributed by atoms with Crippen molar-refractivity contribution in [2.24, 2.45) is 13.0 Å². The Morgan fingerprint density at radius 2 is 2.03 bits per heavy atom. The van der Waals surface area contributed by atoms with Crippen LogP contribution in [-0.4, -0.2) is 60.6 Å². The molecule has 3 aromatic heterocycles. The van der Waals surface area contributed by atoms with Gasteiger partial charge in [0.1, 0.15) is 0 Å². The topological polar surface area (TPSA) is 88.8 Å². The van der Waals surface area contributed by atoms with E-state index in [1.54, 1.807) is 44.6 Å². The van der Waals surface area contributed by atoms with Crippen molar-refractivity contribution >= 4 is 23.5 Å². The summed E-state index contributed by atoms with van der Waals surface area (Å²) in [6.07, 6.45) is 5.82. The van der Waals surface area contributed by atoms with Crippen molar-refractivity contribution in [1.29, 1.82) is 0 Å². The summed E-state index contributed by atoms with van der Waals surface area (Å²) < 4.78 is 30.5. The van der Waals surface area contributed by atoms with E-state index < -0.39 is 30.3 Å². The number of aryl methyl sites for hydroxylation is 1. The molecule has 4 heterocycles. The van der Waals surface area contributed by atoms with Crippen LogP contribution in [0.15, 0.2) is 43.0 Å². The van der Waals surface area contributed by atoms with Gasteiger partial charge in [0.05, 0.1) is 41.3 Å². The predicted octanol–water partition coefficient (Wildman–Crippen LogP) is 3.52. The number of likely N-dealkylation sites (tertiary alicyclic amines) is 1. The van der Waals surface area contributed by atoms with Crippen molar-refractivity contribution in [3.05, 3.63) is 53.7 Å². The highest BCUT2D eigenvalue weighted by Gasteiger charge is 2.46. The zero-order valence-corrected chi connectivity index (χ0v) is 18.3. The number of hydrogen-bond donors (Lipinski definition) is 1. The van der Waals surface area contributed by atoms with Crippen LogP contribution in [0.5, 0.6) is 0 Å². The van der Waals surface area contributed by atoms with Crippen molar-refractivity contribution in [3.8, 4) is 11.3 Å². The number of alkyl halides is 2. The lowest BCUT2D eigenvalue weighted by Crippen LogP contribution is -2.57. The van der Waals surface area contributed by atoms with Gasteiger partial charge in [-0.3, -0.25) is 14.5 Å². The number of carbonyl (C=O) groups is 1. The molecule has 1 fully saturated rings. The van der Waals surface area contributed by atoms with E-state index in [1.165, 1.54) is 22.0 Å². The minimum Gasteiger partial charge on any atom is -0.352 e. The number of nitrogens with one attached hydrogen (secondary N) is 1. The summed E-state index contributed by atoms with van der Waals surface area (Å²) in [5.74, 6) is -3.73. The molecule has 11 heteroatoms. The van der Waals surface area contributed by atoms with Gasteiger partial charge in [0.25, 0.3) is 11.8 Å². The van der Waals surface area contributed by atoms with E-state index in [4.69, 9.17) is 11.6 Å². The predicted molar refractivity (Wildman–Crippen MR) is 116 cm³/mol. The highest BCUT2D eigenvalue weighted by molar-refractivity contribution is 6.30. The number of anilines is 1. The Labute approximate surface area is 188 Å². The van der Waals surface area contributed by atoms with Gasteiger partial charge in [0, 0.05) is 32.4 Å². The van der Waals surface area contributed by atoms with Crippen LogP contribution in [0.2, 0.25) is 5.02 Å². The summed E-state index contributed by atoms with van der Waals surface area (Å²) in [5.41, 5.74) is 1.13. The molecule has 1 N–H and O–H groups in total. The van der Waals surface area contributed by atoms with Gasteiger partial charge in [0.2, 0.25) is 5.95 Å². The van der Waals surface area contributed by atoms with Crippen LogP contribution in [0.25, 0.3) is 11.3 Å². The van der Waals surface area contributed by atoms with E-state index in [1.807, 2.05) is 0 Å². The highest BCUT2D eigenvalue weighted by atomic mass is 35.5. The van der Waals surface area contributed by atoms with Gasteiger partial charge in [-0.25, -0.2) is 18.7 Å². The van der Waals surface area contributed by atoms with E-state index in [-0.39, 0.29) is 18.7 Å². The number of hydrogen-bond acceptors (Lipinski definition) is 6. The molecule has 0 aromatic carbocycles. The lowest BCUT2D eigenvalue weighted by atomic mass is 9.88. The summed E-state index contributed by atoms with van der Waals surface area (Å²) in [7, 11) is 1.67. The number of rotatable bonds is 5. The van der Waals surface area contributed by atoms with Crippen LogP contribution in [-0.2, 0) is 7.05 Å². The third-order valence-corrected chi connectivity index (χ3v) is 5.60. The summed E-state index contributed by atoms with van der Waals surface area (Å²) in [5, 5.41) is 7.69. The van der Waals surface area contributed by atoms with Gasteiger partial charge < -0.3 is 10.2 Å². The average Bonchev–Trinajstić information content (AvgIpc) is 3.15. The fourth-order valence-electron chi connectivity index (χ4n) is 3.97. The zero-order valence-electron chi connectivity index (χ0n) is 17.5. The van der Waals surface area contributed by atoms with E-state index in [0.717, 1.165) is 0 Å². The first kappa shape index (κ1) is 22.1. The number of aromatic nitrogens is 5. The lowest BCUT2D eigenvalue weighted by molar-refractivity contribution is -0.0898. The molecule has 1 saturated heterocycles. The van der Waals surface area contributed by atoms with Crippen molar-refractivity contribution in [2.45, 2.75) is 25.3 Å². The Morgan fingerprint density at radius 3 is 2.72 bits per heavy atom. The molecule has 0 spiro atoms. The Morgan fingerprint density at radius 1 is 1.28 bits per heavy atom. The zero-order chi connectivity index (χ0) is 22.9. The van der Waals surface area contributed by atoms with Crippen LogP contribution < -0.4 is 5.32 Å². The molecular weight excluding hydrogens is 440 g/mol. The largest absolute Gasteiger partial charge is 0.352 e. The smallest absolute Gasteiger partial charge is 0.275 e. The monoisotopic (exact) mass is 461 g/mol. The molecule has 0 aliphatic carbocycles. The molecule has 3 aromatic rings. The second-order valence-corrected chi connectivity index (χ2v) is 8.36. The second kappa shape index (κ2) is 8.78. The van der Waals surface area contributed by atoms with Crippen LogP contribution in [0, 0.1) is 5.92 Å². The number of carbonyl (C=O) groups excluding carboxylic acids is 1. The number of piperidine rings is 1. The first-order valence-corrected chi connectivity index (χ1v) is 10.5. The van der Waals surface area contributed by atoms with Gasteiger partial charge in [0.15, 0.2) is 5.69 Å². The van der Waals surface area contributed by atoms with Crippen LogP contribution in [0.1, 0.15) is 23.8 Å². The number of amides is 1. The number of nitrogens with zero attached hydrogens (tertiary/aromatic N) is 6. The van der Waals surface area contributed by atoms with Gasteiger partial charge in [-0.1, -0.05) is 24.6 Å². The third-order valence-electron chi connectivity index (χ3n) is 5.40. The molecule has 1 amide bonds. The van der Waals surface area contributed by atoms with Crippen LogP contribution in [0.3, 0.4) is 0 Å². The quantitative estimate of drug-likeness (QED) is 0.625. The number of pyridine rings is 1. The summed E-state index contributed by atoms with van der Waals surface area (Å²) in [6, 6.07) is 4.78. The lowest BCUT2D eigenvalue weighted by Gasteiger charge is -2.43. The Kier molecular flexibility index (Phi) is 6.05. The minimum atomic E-state index is -3.00. The van der Waals surface area contributed by atoms with Gasteiger partial charge in [-0.15, -0.1) is 0 Å². The molecule has 32 heavy (non-hydrogen) atoms. The molecule has 1 aliphatic rings. The van der Waals surface area contributed by atoms with Crippen LogP contribution in [0.4, 0.5) is 14.7 Å². The Balaban J connectivity index is 1.64. The minimum absolute atomic E-state index is 0.0869. The van der Waals surface area contributed by atoms with Gasteiger partial charge in [-0.05, 0) is 18.1 Å². The standard InChI is InChI=1S/C21H22ClF2N7O/c1-13-7-21(23,24)12-31(17(13)10-28-20-26-8-14(22)9-27-20)19(32)18-15(11-30(2)29-18)16-5-3-4-6-25-16/h3-6,8-9,11,13,17H,7,10,12H2,1-2H3,(H,26,27,28)/t13-,17-/m1/s1. The first-order valence-electron chi connectivity index (χ1n) is 10.1. The molecule has 168 valence electrons. The van der Waals surface area contributed by atoms with Crippen molar-refractivity contribution in [3.63, 3.8) is 0 Å². The molecule has 0 radical (unpaired) electrons. The maximum Gasteiger partial charge on any atom is 0.275 e. The Bertz CT molecular complexity index is 1090. The molecule has 0 unspecified atom stereocenters. The average molecular weight is 462 g/mol. The van der Waals surface area contributed by atoms with E-state index in [2.05, 4.69) is 25.4 Å². The highest BCUT2D eigenvalue weighted by Crippen LogP contribution is 2.36. The maximum absolute atomic E-state index is 14.5. The molecule has 4 rings (SSSR count). The SMILES string of the molecule is C[C@@H]1CC(F)(F)CN(C(=O)c2nn(C)cc2-c2ccccn2)[C@@H]1CNc1ncc(Cl)cn1. The normalized spacial score (nSPS) is 20.2. The van der Waals surface area contributed by atoms with E-state index in [9.17, 15) is 13.6 Å². The molecule has 0 saturated carbocycles. The summed E-state index contributed by atoms with van der Waals surface area (Å²) in [4.78, 5) is 27.1. The van der Waals surface area contributed by atoms with Gasteiger partial charge in [-0.2, -0.15) is 5.10 Å². The van der Waals surface area contributed by atoms with Crippen molar-refractivity contribution in [2.75, 3.05) is 18.4 Å². The van der Waals surface area contributed by atoms with Crippen LogP contribution >= 0.6 is 11.6 Å². The third kappa shape index (κ3) is 4.69. The maximum atomic E-state index is 14.5. The van der Waals surface area contributed by atoms with Gasteiger partial charge >= 0.3 is 0 Å². The Hall–Kier alpha value is -3.14. The fourth-order valence-corrected chi connectivity index (χ4v) is 4.07. The second-order valence-electron chi connectivity index (χ2n) is 7.92. The molecule has 8 nitrogen and oxygen atoms in total. The summed E-state index contributed by atoms with van der Waals surface area (Å²) >= 11 is 5.81. The van der Waals surface area contributed by atoms with E-state index in [0.29, 0.717) is 22.2 Å². The van der Waals surface area contributed by atoms with Crippen molar-refractivity contribution < 1.29 is 13.6 Å².